The minimum atomic E-state index is 0.0625. The summed E-state index contributed by atoms with van der Waals surface area (Å²) >= 11 is 0.300. The van der Waals surface area contributed by atoms with E-state index in [1.807, 2.05) is 0 Å². The van der Waals surface area contributed by atoms with Crippen LogP contribution >= 0.6 is 0 Å². The first-order chi connectivity index (χ1) is 3.41. The normalized spacial score (nSPS) is 3.29. The zero-order chi connectivity index (χ0) is 6.12. The molecule has 34 valence electrons. The van der Waals surface area contributed by atoms with Crippen molar-refractivity contribution in [2.45, 2.75) is 0 Å². The van der Waals surface area contributed by atoms with E-state index in [0.717, 1.165) is 0 Å². The summed E-state index contributed by atoms with van der Waals surface area (Å²) in [6.45, 7) is 0. The van der Waals surface area contributed by atoms with Gasteiger partial charge in [0.15, 0.2) is 0 Å². The number of rotatable bonds is 2. The quantitative estimate of drug-likeness (QED) is 0.497. The fourth-order valence-corrected chi connectivity index (χ4v) is 0.0227. The van der Waals surface area contributed by atoms with Crippen molar-refractivity contribution in [2.24, 2.45) is 0 Å². The molecular weight excluding hydrogens is 177 g/mol. The third-order valence-electron chi connectivity index (χ3n) is 0.111. The molecule has 0 rings (SSSR count). The Hall–Kier alpha value is 0.213. The molecule has 0 saturated carbocycles. The predicted octanol–water partition coefficient (Wildman–Crippen LogP) is -1.19. The van der Waals surface area contributed by atoms with E-state index < -0.39 is 0 Å². The van der Waals surface area contributed by atoms with E-state index in [4.69, 9.17) is 12.2 Å². The summed E-state index contributed by atoms with van der Waals surface area (Å²) in [5.41, 5.74) is 0. The van der Waals surface area contributed by atoms with E-state index >= 15 is 0 Å². The topological polar surface area (TPSA) is 60.4 Å². The molecule has 0 aliphatic heterocycles. The fourth-order valence-electron chi connectivity index (χ4n) is 0.0227. The van der Waals surface area contributed by atoms with Crippen molar-refractivity contribution in [3.8, 4) is 0 Å². The first-order valence-corrected chi connectivity index (χ1v) is 2.15. The van der Waals surface area contributed by atoms with Crippen LogP contribution in [0.3, 0.4) is 0 Å². The SMILES string of the molecule is O=BOB=O.[O]=[Zr]. The fraction of sp³-hybridized carbons (Fsp3) is 0. The van der Waals surface area contributed by atoms with Gasteiger partial charge in [-0.25, -0.2) is 0 Å². The van der Waals surface area contributed by atoms with Crippen LogP contribution in [0.2, 0.25) is 0 Å². The Balaban J connectivity index is 0. The van der Waals surface area contributed by atoms with Crippen LogP contribution in [0.1, 0.15) is 0 Å². The van der Waals surface area contributed by atoms with Gasteiger partial charge in [-0.1, -0.05) is 0 Å². The Morgan fingerprint density at radius 3 is 1.43 bits per heavy atom. The molecule has 0 aromatic rings. The summed E-state index contributed by atoms with van der Waals surface area (Å²) in [7, 11) is 0.125. The van der Waals surface area contributed by atoms with Gasteiger partial charge in [0, 0.05) is 0 Å². The Morgan fingerprint density at radius 2 is 1.43 bits per heavy atom. The molecule has 0 atom stereocenters. The Bertz CT molecular complexity index is 47.7. The molecule has 0 saturated heterocycles. The molecule has 0 aliphatic carbocycles. The molecule has 7 heteroatoms. The first-order valence-electron chi connectivity index (χ1n) is 1.15. The zero-order valence-corrected chi connectivity index (χ0v) is 5.75. The van der Waals surface area contributed by atoms with Gasteiger partial charge in [-0.2, -0.15) is 0 Å². The van der Waals surface area contributed by atoms with Crippen molar-refractivity contribution in [3.63, 3.8) is 0 Å². The van der Waals surface area contributed by atoms with Crippen LogP contribution in [0.15, 0.2) is 0 Å². The second-order valence-corrected chi connectivity index (χ2v) is 0.329. The van der Waals surface area contributed by atoms with Crippen LogP contribution in [-0.4, -0.2) is 14.7 Å². The molecule has 0 bridgehead atoms. The van der Waals surface area contributed by atoms with Gasteiger partial charge >= 0.3 is 56.2 Å². The van der Waals surface area contributed by atoms with Crippen molar-refractivity contribution in [1.82, 2.24) is 0 Å². The van der Waals surface area contributed by atoms with Crippen molar-refractivity contribution in [3.05, 3.63) is 0 Å². The monoisotopic (exact) mass is 176 g/mol. The molecule has 0 fully saturated rings. The van der Waals surface area contributed by atoms with E-state index in [0.29, 0.717) is 24.7 Å². The molecule has 0 amide bonds. The Labute approximate surface area is 56.5 Å². The van der Waals surface area contributed by atoms with Gasteiger partial charge in [0.25, 0.3) is 0 Å². The van der Waals surface area contributed by atoms with Gasteiger partial charge in [-0.05, 0) is 0 Å². The van der Waals surface area contributed by atoms with Gasteiger partial charge in [-0.15, -0.1) is 0 Å². The van der Waals surface area contributed by atoms with Crippen molar-refractivity contribution >= 4 is 14.7 Å². The summed E-state index contributed by atoms with van der Waals surface area (Å²) in [6.07, 6.45) is 0. The minimum absolute atomic E-state index is 0.0625. The van der Waals surface area contributed by atoms with Crippen LogP contribution in [0.4, 0.5) is 0 Å². The second kappa shape index (κ2) is 16.4. The number of hydrogen-bond donors (Lipinski definition) is 0. The van der Waals surface area contributed by atoms with Gasteiger partial charge < -0.3 is 0 Å². The molecular formula is B2O4Zr. The molecule has 0 unspecified atom stereocenters. The van der Waals surface area contributed by atoms with Crippen LogP contribution in [0, 0.1) is 0 Å². The number of hydrogen-bond acceptors (Lipinski definition) is 4. The molecule has 4 nitrogen and oxygen atoms in total. The summed E-state index contributed by atoms with van der Waals surface area (Å²) in [4.78, 5) is 0. The van der Waals surface area contributed by atoms with E-state index in [9.17, 15) is 0 Å². The van der Waals surface area contributed by atoms with Crippen LogP contribution in [0.5, 0.6) is 0 Å². The van der Waals surface area contributed by atoms with Crippen molar-refractivity contribution < 1.29 is 41.5 Å². The van der Waals surface area contributed by atoms with E-state index in [1.54, 1.807) is 0 Å². The summed E-state index contributed by atoms with van der Waals surface area (Å²) in [5.74, 6) is 0. The third-order valence-corrected chi connectivity index (χ3v) is 0.111. The van der Waals surface area contributed by atoms with E-state index in [2.05, 4.69) is 4.57 Å². The molecule has 0 aliphatic rings. The van der Waals surface area contributed by atoms with Crippen molar-refractivity contribution in [2.75, 3.05) is 0 Å². The molecule has 0 aromatic heterocycles. The zero-order valence-electron chi connectivity index (χ0n) is 3.29. The average molecular weight is 177 g/mol. The third kappa shape index (κ3) is 22.5. The molecule has 0 spiro atoms. The maximum absolute atomic E-state index is 8.95. The predicted molar refractivity (Wildman–Crippen MR) is 14.7 cm³/mol. The molecule has 7 heavy (non-hydrogen) atoms. The average Bonchev–Trinajstić information content (AvgIpc) is 1.75. The summed E-state index contributed by atoms with van der Waals surface area (Å²) < 4.78 is 29.7. The van der Waals surface area contributed by atoms with Crippen LogP contribution in [0.25, 0.3) is 0 Å². The van der Waals surface area contributed by atoms with Crippen molar-refractivity contribution in [1.29, 1.82) is 0 Å². The van der Waals surface area contributed by atoms with Gasteiger partial charge in [0.05, 0.1) is 0 Å². The Kier molecular flexibility index (Phi) is 23.9. The molecule has 0 radical (unpaired) electrons. The van der Waals surface area contributed by atoms with Gasteiger partial charge in [0.2, 0.25) is 0 Å². The summed E-state index contributed by atoms with van der Waals surface area (Å²) in [6, 6.07) is 0. The van der Waals surface area contributed by atoms with E-state index in [1.165, 1.54) is 0 Å². The van der Waals surface area contributed by atoms with Gasteiger partial charge in [0.1, 0.15) is 0 Å². The second-order valence-electron chi connectivity index (χ2n) is 0.329. The maximum atomic E-state index is 8.95. The molecule has 0 heterocycles. The molecule has 0 aromatic carbocycles. The standard InChI is InChI=1S/B2O3.O.Zr/c3-1-5-2-4;;. The summed E-state index contributed by atoms with van der Waals surface area (Å²) in [5, 5.41) is 0. The van der Waals surface area contributed by atoms with Crippen LogP contribution < -0.4 is 0 Å². The van der Waals surface area contributed by atoms with Gasteiger partial charge in [-0.3, -0.25) is 0 Å². The van der Waals surface area contributed by atoms with Crippen LogP contribution in [-0.2, 0) is 41.5 Å². The van der Waals surface area contributed by atoms with E-state index in [-0.39, 0.29) is 14.7 Å². The molecule has 0 N–H and O–H groups in total. The Morgan fingerprint density at radius 1 is 1.14 bits per heavy atom. The first kappa shape index (κ1) is 10.2.